The molecule has 17 heavy (non-hydrogen) atoms. The van der Waals surface area contributed by atoms with Gasteiger partial charge in [-0.15, -0.1) is 0 Å². The van der Waals surface area contributed by atoms with Crippen molar-refractivity contribution in [3.05, 3.63) is 29.0 Å². The van der Waals surface area contributed by atoms with Crippen LogP contribution in [0.4, 0.5) is 0 Å². The van der Waals surface area contributed by atoms with Gasteiger partial charge in [0.15, 0.2) is 0 Å². The maximum atomic E-state index is 11.7. The lowest BCUT2D eigenvalue weighted by molar-refractivity contribution is 0.0692. The number of carbonyl (C=O) groups excluding carboxylic acids is 1. The molecule has 0 saturated heterocycles. The van der Waals surface area contributed by atoms with Crippen LogP contribution in [-0.4, -0.2) is 44.4 Å². The number of methoxy groups -OCH3 is 1. The van der Waals surface area contributed by atoms with Crippen molar-refractivity contribution in [2.24, 2.45) is 0 Å². The van der Waals surface area contributed by atoms with E-state index in [9.17, 15) is 4.79 Å². The van der Waals surface area contributed by atoms with E-state index < -0.39 is 0 Å². The van der Waals surface area contributed by atoms with Crippen molar-refractivity contribution in [1.82, 2.24) is 10.3 Å². The van der Waals surface area contributed by atoms with Crippen molar-refractivity contribution in [3.63, 3.8) is 0 Å². The summed E-state index contributed by atoms with van der Waals surface area (Å²) in [6, 6.07) is 1.57. The highest BCUT2D eigenvalue weighted by molar-refractivity contribution is 6.33. The third kappa shape index (κ3) is 5.12. The maximum absolute atomic E-state index is 11.7. The molecular weight excluding hydrogens is 244 g/mol. The van der Waals surface area contributed by atoms with Crippen LogP contribution in [0.5, 0.6) is 0 Å². The summed E-state index contributed by atoms with van der Waals surface area (Å²) in [5.41, 5.74) is 0.415. The van der Waals surface area contributed by atoms with E-state index in [-0.39, 0.29) is 5.91 Å². The molecule has 5 nitrogen and oxygen atoms in total. The summed E-state index contributed by atoms with van der Waals surface area (Å²) >= 11 is 5.83. The van der Waals surface area contributed by atoms with Gasteiger partial charge < -0.3 is 14.8 Å². The number of amides is 1. The number of rotatable bonds is 7. The highest BCUT2D eigenvalue weighted by atomic mass is 35.5. The minimum Gasteiger partial charge on any atom is -0.382 e. The van der Waals surface area contributed by atoms with Crippen LogP contribution < -0.4 is 5.32 Å². The molecule has 0 aliphatic carbocycles. The van der Waals surface area contributed by atoms with Gasteiger partial charge in [-0.25, -0.2) is 0 Å². The van der Waals surface area contributed by atoms with Crippen LogP contribution in [0.2, 0.25) is 5.02 Å². The topological polar surface area (TPSA) is 60.5 Å². The Morgan fingerprint density at radius 3 is 3.00 bits per heavy atom. The average molecular weight is 259 g/mol. The molecule has 1 aromatic rings. The predicted octanol–water partition coefficient (Wildman–Crippen LogP) is 1.13. The van der Waals surface area contributed by atoms with Crippen LogP contribution in [-0.2, 0) is 9.47 Å². The second-order valence-corrected chi connectivity index (χ2v) is 3.62. The molecule has 0 aromatic carbocycles. The van der Waals surface area contributed by atoms with Gasteiger partial charge in [0.25, 0.3) is 5.91 Å². The second-order valence-electron chi connectivity index (χ2n) is 3.22. The number of carbonyl (C=O) groups is 1. The standard InChI is InChI=1S/C11H15ClN2O3/c1-16-6-7-17-5-4-14-11(15)9-2-3-13-8-10(9)12/h2-3,8H,4-7H2,1H3,(H,14,15). The van der Waals surface area contributed by atoms with Gasteiger partial charge in [-0.1, -0.05) is 11.6 Å². The van der Waals surface area contributed by atoms with Gasteiger partial charge in [0.05, 0.1) is 30.4 Å². The van der Waals surface area contributed by atoms with E-state index in [1.165, 1.54) is 12.4 Å². The average Bonchev–Trinajstić information content (AvgIpc) is 2.34. The first-order valence-corrected chi connectivity index (χ1v) is 5.58. The third-order valence-electron chi connectivity index (χ3n) is 1.98. The SMILES string of the molecule is COCCOCCNC(=O)c1ccncc1Cl. The third-order valence-corrected chi connectivity index (χ3v) is 2.28. The molecule has 1 heterocycles. The van der Waals surface area contributed by atoms with Crippen molar-refractivity contribution in [1.29, 1.82) is 0 Å². The van der Waals surface area contributed by atoms with Gasteiger partial charge in [-0.05, 0) is 6.07 Å². The van der Waals surface area contributed by atoms with Gasteiger partial charge in [-0.2, -0.15) is 0 Å². The number of pyridine rings is 1. The van der Waals surface area contributed by atoms with Gasteiger partial charge in [-0.3, -0.25) is 9.78 Å². The molecule has 0 bridgehead atoms. The first-order chi connectivity index (χ1) is 8.25. The highest BCUT2D eigenvalue weighted by Crippen LogP contribution is 2.12. The normalized spacial score (nSPS) is 10.2. The van der Waals surface area contributed by atoms with Crippen molar-refractivity contribution in [2.75, 3.05) is 33.5 Å². The Hall–Kier alpha value is -1.17. The number of hydrogen-bond acceptors (Lipinski definition) is 4. The minimum absolute atomic E-state index is 0.229. The second kappa shape index (κ2) is 8.00. The van der Waals surface area contributed by atoms with Crippen LogP contribution in [0.1, 0.15) is 10.4 Å². The van der Waals surface area contributed by atoms with Gasteiger partial charge >= 0.3 is 0 Å². The Morgan fingerprint density at radius 1 is 1.47 bits per heavy atom. The van der Waals surface area contributed by atoms with Gasteiger partial charge in [0.2, 0.25) is 0 Å². The zero-order chi connectivity index (χ0) is 12.5. The Labute approximate surface area is 105 Å². The van der Waals surface area contributed by atoms with Crippen LogP contribution in [0, 0.1) is 0 Å². The van der Waals surface area contributed by atoms with Crippen molar-refractivity contribution in [3.8, 4) is 0 Å². The lowest BCUT2D eigenvalue weighted by Crippen LogP contribution is -2.27. The number of aromatic nitrogens is 1. The molecule has 1 rings (SSSR count). The number of nitrogens with one attached hydrogen (secondary N) is 1. The van der Waals surface area contributed by atoms with E-state index in [2.05, 4.69) is 10.3 Å². The predicted molar refractivity (Wildman–Crippen MR) is 64.3 cm³/mol. The number of hydrogen-bond donors (Lipinski definition) is 1. The van der Waals surface area contributed by atoms with E-state index >= 15 is 0 Å². The Bertz CT molecular complexity index is 360. The first-order valence-electron chi connectivity index (χ1n) is 5.20. The van der Waals surface area contributed by atoms with Crippen molar-refractivity contribution < 1.29 is 14.3 Å². The molecule has 0 unspecified atom stereocenters. The quantitative estimate of drug-likeness (QED) is 0.745. The van der Waals surface area contributed by atoms with E-state index in [0.717, 1.165) is 0 Å². The molecule has 1 amide bonds. The molecule has 0 atom stereocenters. The van der Waals surface area contributed by atoms with Crippen LogP contribution in [0.25, 0.3) is 0 Å². The van der Waals surface area contributed by atoms with Crippen molar-refractivity contribution in [2.45, 2.75) is 0 Å². The van der Waals surface area contributed by atoms with Crippen LogP contribution in [0.3, 0.4) is 0 Å². The Kier molecular flexibility index (Phi) is 6.54. The molecule has 0 aliphatic rings. The molecule has 0 radical (unpaired) electrons. The summed E-state index contributed by atoms with van der Waals surface area (Å²) in [5.74, 6) is -0.229. The molecule has 1 N–H and O–H groups in total. The van der Waals surface area contributed by atoms with Crippen LogP contribution >= 0.6 is 11.6 Å². The van der Waals surface area contributed by atoms with Gasteiger partial charge in [0, 0.05) is 26.0 Å². The molecule has 0 saturated carbocycles. The number of ether oxygens (including phenoxy) is 2. The van der Waals surface area contributed by atoms with Crippen LogP contribution in [0.15, 0.2) is 18.5 Å². The van der Waals surface area contributed by atoms with E-state index in [1.54, 1.807) is 13.2 Å². The maximum Gasteiger partial charge on any atom is 0.252 e. The van der Waals surface area contributed by atoms with E-state index in [0.29, 0.717) is 37.0 Å². The summed E-state index contributed by atoms with van der Waals surface area (Å²) in [6.45, 7) is 1.94. The summed E-state index contributed by atoms with van der Waals surface area (Å²) in [4.78, 5) is 15.5. The first kappa shape index (κ1) is 13.9. The fourth-order valence-electron chi connectivity index (χ4n) is 1.14. The highest BCUT2D eigenvalue weighted by Gasteiger charge is 2.08. The molecule has 0 spiro atoms. The minimum atomic E-state index is -0.229. The Morgan fingerprint density at radius 2 is 2.29 bits per heavy atom. The summed E-state index contributed by atoms with van der Waals surface area (Å²) in [7, 11) is 1.61. The summed E-state index contributed by atoms with van der Waals surface area (Å²) in [6.07, 6.45) is 2.96. The smallest absolute Gasteiger partial charge is 0.252 e. The summed E-state index contributed by atoms with van der Waals surface area (Å²) < 4.78 is 10.0. The number of halogens is 1. The summed E-state index contributed by atoms with van der Waals surface area (Å²) in [5, 5.41) is 3.04. The van der Waals surface area contributed by atoms with Crippen molar-refractivity contribution >= 4 is 17.5 Å². The fraction of sp³-hybridized carbons (Fsp3) is 0.455. The number of nitrogens with zero attached hydrogens (tertiary/aromatic N) is 1. The molecule has 94 valence electrons. The molecular formula is C11H15ClN2O3. The molecule has 6 heteroatoms. The zero-order valence-corrected chi connectivity index (χ0v) is 10.4. The lowest BCUT2D eigenvalue weighted by atomic mass is 10.2. The largest absolute Gasteiger partial charge is 0.382 e. The molecule has 0 fully saturated rings. The molecule has 0 aliphatic heterocycles. The zero-order valence-electron chi connectivity index (χ0n) is 9.61. The monoisotopic (exact) mass is 258 g/mol. The van der Waals surface area contributed by atoms with E-state index in [4.69, 9.17) is 21.1 Å². The lowest BCUT2D eigenvalue weighted by Gasteiger charge is -2.06. The van der Waals surface area contributed by atoms with E-state index in [1.807, 2.05) is 0 Å². The Balaban J connectivity index is 2.24. The molecule has 1 aromatic heterocycles. The fourth-order valence-corrected chi connectivity index (χ4v) is 1.34. The van der Waals surface area contributed by atoms with Gasteiger partial charge in [0.1, 0.15) is 0 Å².